The number of carbonyl (C=O) groups is 4. The van der Waals surface area contributed by atoms with Gasteiger partial charge in [0.2, 0.25) is 11.8 Å². The number of aromatic nitrogens is 3. The number of aromatic amines is 1. The molecule has 5 heterocycles. The number of aryl methyl sites for hydroxylation is 1. The van der Waals surface area contributed by atoms with Gasteiger partial charge in [-0.3, -0.25) is 29.5 Å². The number of nitrogens with zero attached hydrogens (tertiary/aromatic N) is 7. The first-order valence-corrected chi connectivity index (χ1v) is 20.0. The second-order valence-electron chi connectivity index (χ2n) is 15.6. The third-order valence-electron chi connectivity index (χ3n) is 11.5. The van der Waals surface area contributed by atoms with Crippen molar-refractivity contribution in [1.29, 1.82) is 0 Å². The number of amides is 5. The van der Waals surface area contributed by atoms with Crippen molar-refractivity contribution in [2.75, 3.05) is 69.2 Å². The van der Waals surface area contributed by atoms with Gasteiger partial charge >= 0.3 is 6.03 Å². The summed E-state index contributed by atoms with van der Waals surface area (Å²) in [4.78, 5) is 72.6. The molecule has 14 nitrogen and oxygen atoms in total. The summed E-state index contributed by atoms with van der Waals surface area (Å²) in [6, 6.07) is 19.3. The van der Waals surface area contributed by atoms with Gasteiger partial charge in [-0.15, -0.1) is 0 Å². The molecular formula is C44H49N9O5. The number of carbonyl (C=O) groups excluding carboxylic acids is 4. The lowest BCUT2D eigenvalue weighted by atomic mass is 9.92. The van der Waals surface area contributed by atoms with E-state index in [1.165, 1.54) is 21.6 Å². The van der Waals surface area contributed by atoms with Crippen LogP contribution in [0, 0.1) is 6.92 Å². The third kappa shape index (κ3) is 8.16. The number of hydrogen-bond donors (Lipinski definition) is 3. The van der Waals surface area contributed by atoms with Crippen LogP contribution in [-0.4, -0.2) is 124 Å². The van der Waals surface area contributed by atoms with Gasteiger partial charge in [0.1, 0.15) is 5.52 Å². The number of nitrogens with one attached hydrogen (secondary N) is 2. The maximum absolute atomic E-state index is 13.3. The van der Waals surface area contributed by atoms with Crippen molar-refractivity contribution in [1.82, 2.24) is 35.0 Å². The number of fused-ring (bicyclic) bond motifs is 2. The molecule has 2 aromatic heterocycles. The van der Waals surface area contributed by atoms with E-state index in [0.29, 0.717) is 43.8 Å². The Balaban J connectivity index is 0.856. The first-order chi connectivity index (χ1) is 28.0. The molecule has 5 amide bonds. The van der Waals surface area contributed by atoms with Gasteiger partial charge in [-0.05, 0) is 91.1 Å². The van der Waals surface area contributed by atoms with E-state index in [-0.39, 0.29) is 30.7 Å². The fourth-order valence-corrected chi connectivity index (χ4v) is 8.28. The van der Waals surface area contributed by atoms with Gasteiger partial charge in [0, 0.05) is 113 Å². The molecule has 0 unspecified atom stereocenters. The van der Waals surface area contributed by atoms with Crippen LogP contribution in [0.2, 0.25) is 0 Å². The summed E-state index contributed by atoms with van der Waals surface area (Å²) in [6.07, 6.45) is 4.76. The Morgan fingerprint density at radius 2 is 1.66 bits per heavy atom. The summed E-state index contributed by atoms with van der Waals surface area (Å²) in [7, 11) is 1.68. The quantitative estimate of drug-likeness (QED) is 0.184. The van der Waals surface area contributed by atoms with Gasteiger partial charge < -0.3 is 24.8 Å². The van der Waals surface area contributed by atoms with E-state index in [2.05, 4.69) is 39.2 Å². The second-order valence-corrected chi connectivity index (χ2v) is 15.6. The lowest BCUT2D eigenvalue weighted by Crippen LogP contribution is -2.50. The Labute approximate surface area is 337 Å². The van der Waals surface area contributed by atoms with E-state index in [1.807, 2.05) is 53.7 Å². The Morgan fingerprint density at radius 1 is 0.914 bits per heavy atom. The van der Waals surface area contributed by atoms with Crippen molar-refractivity contribution in [3.63, 3.8) is 0 Å². The number of aliphatic hydroxyl groups is 1. The van der Waals surface area contributed by atoms with E-state index >= 15 is 0 Å². The van der Waals surface area contributed by atoms with Gasteiger partial charge in [-0.25, -0.2) is 14.8 Å². The zero-order valence-electron chi connectivity index (χ0n) is 33.2. The highest BCUT2D eigenvalue weighted by Gasteiger charge is 2.27. The average molecular weight is 784 g/mol. The normalized spacial score (nSPS) is 16.7. The number of benzene rings is 3. The largest absolute Gasteiger partial charge is 0.392 e. The minimum atomic E-state index is -0.600. The van der Waals surface area contributed by atoms with Crippen LogP contribution in [0.5, 0.6) is 0 Å². The van der Waals surface area contributed by atoms with Gasteiger partial charge in [-0.2, -0.15) is 0 Å². The molecule has 8 rings (SSSR count). The molecule has 3 aliphatic heterocycles. The number of likely N-dealkylation sites (N-methyl/N-ethyl adjacent to an activating group) is 1. The van der Waals surface area contributed by atoms with E-state index in [0.717, 1.165) is 71.9 Å². The molecule has 3 aliphatic rings. The number of H-pyrrole nitrogens is 1. The minimum Gasteiger partial charge on any atom is -0.392 e. The molecule has 3 N–H and O–H groups in total. The Bertz CT molecular complexity index is 2350. The summed E-state index contributed by atoms with van der Waals surface area (Å²) in [5.74, 6) is -0.212. The molecule has 0 spiro atoms. The molecular weight excluding hydrogens is 735 g/mol. The van der Waals surface area contributed by atoms with Gasteiger partial charge in [0.25, 0.3) is 5.91 Å². The Morgan fingerprint density at radius 3 is 2.38 bits per heavy atom. The fourth-order valence-electron chi connectivity index (χ4n) is 8.28. The van der Waals surface area contributed by atoms with Crippen LogP contribution in [0.15, 0.2) is 73.1 Å². The van der Waals surface area contributed by atoms with Crippen LogP contribution in [0.4, 0.5) is 16.2 Å². The lowest BCUT2D eigenvalue weighted by Gasteiger charge is -2.37. The molecule has 1 atom stereocenters. The monoisotopic (exact) mass is 783 g/mol. The van der Waals surface area contributed by atoms with Crippen molar-refractivity contribution in [3.05, 3.63) is 95.3 Å². The van der Waals surface area contributed by atoms with Crippen LogP contribution < -0.4 is 15.1 Å². The highest BCUT2D eigenvalue weighted by atomic mass is 16.3. The van der Waals surface area contributed by atoms with Crippen molar-refractivity contribution < 1.29 is 24.3 Å². The summed E-state index contributed by atoms with van der Waals surface area (Å²) in [5, 5.41) is 12.0. The zero-order valence-corrected chi connectivity index (χ0v) is 33.2. The third-order valence-corrected chi connectivity index (χ3v) is 11.5. The molecule has 58 heavy (non-hydrogen) atoms. The number of piperazine rings is 1. The van der Waals surface area contributed by atoms with Crippen LogP contribution >= 0.6 is 0 Å². The molecule has 5 aromatic rings. The number of hydrogen-bond acceptors (Lipinski definition) is 9. The minimum absolute atomic E-state index is 0.146. The Hall–Kier alpha value is -6.12. The van der Waals surface area contributed by atoms with Crippen molar-refractivity contribution in [2.45, 2.75) is 45.8 Å². The van der Waals surface area contributed by atoms with E-state index in [9.17, 15) is 24.3 Å². The molecule has 0 aliphatic carbocycles. The summed E-state index contributed by atoms with van der Waals surface area (Å²) in [6.45, 7) is 9.64. The number of urea groups is 1. The van der Waals surface area contributed by atoms with Crippen LogP contribution in [0.1, 0.15) is 46.8 Å². The molecule has 14 heteroatoms. The topological polar surface area (TPSA) is 158 Å². The number of imide groups is 1. The molecule has 0 bridgehead atoms. The number of rotatable bonds is 10. The molecule has 2 saturated heterocycles. The van der Waals surface area contributed by atoms with Crippen LogP contribution in [0.25, 0.3) is 33.5 Å². The summed E-state index contributed by atoms with van der Waals surface area (Å²) in [5.41, 5.74) is 11.2. The summed E-state index contributed by atoms with van der Waals surface area (Å²) < 4.78 is 0. The first-order valence-electron chi connectivity index (χ1n) is 20.0. The highest BCUT2D eigenvalue weighted by molar-refractivity contribution is 6.05. The average Bonchev–Trinajstić information content (AvgIpc) is 3.66. The molecule has 300 valence electrons. The van der Waals surface area contributed by atoms with Crippen molar-refractivity contribution in [2.24, 2.45) is 0 Å². The maximum atomic E-state index is 13.3. The van der Waals surface area contributed by atoms with Crippen LogP contribution in [-0.2, 0) is 22.6 Å². The molecule has 0 radical (unpaired) electrons. The molecule has 0 saturated carbocycles. The lowest BCUT2D eigenvalue weighted by molar-refractivity contribution is -0.132. The van der Waals surface area contributed by atoms with Gasteiger partial charge in [0.15, 0.2) is 5.65 Å². The molecule has 2 fully saturated rings. The zero-order chi connectivity index (χ0) is 40.5. The number of anilines is 2. The highest BCUT2D eigenvalue weighted by Crippen LogP contribution is 2.32. The number of aliphatic hydroxyl groups excluding tert-OH is 1. The van der Waals surface area contributed by atoms with Crippen molar-refractivity contribution in [3.8, 4) is 22.4 Å². The standard InChI is InChI=1S/C44H49N9O5/c1-28-22-33(38-25-46-42-41(47-38)36(24-45-42)30-4-6-31(7-5-30)43(57)49(3)26-29(2)54)23-32-12-15-50(27-37(28)32)16-14-40(56)52-20-18-51(19-21-52)34-8-10-35(11-9-34)53-17-13-39(55)48-44(53)58/h4-11,22-25,29,54H,12-21,26-27H2,1-3H3,(H,45,46)(H,48,55,58)/t29-/m0/s1. The predicted octanol–water partition coefficient (Wildman–Crippen LogP) is 4.60. The fraction of sp³-hybridized carbons (Fsp3) is 0.364. The first kappa shape index (κ1) is 38.7. The van der Waals surface area contributed by atoms with Gasteiger partial charge in [0.05, 0.1) is 18.0 Å². The SMILES string of the molecule is Cc1cc(-c2cnc3[nH]cc(-c4ccc(C(=O)N(C)C[C@H](C)O)cc4)c3n2)cc2c1CN(CCC(=O)N1CCN(c3ccc(N4CCC(=O)NC4=O)cc3)CC1)CC2. The van der Waals surface area contributed by atoms with Crippen LogP contribution in [0.3, 0.4) is 0 Å². The molecule has 3 aromatic carbocycles. The predicted molar refractivity (Wildman–Crippen MR) is 222 cm³/mol. The van der Waals surface area contributed by atoms with Crippen molar-refractivity contribution >= 4 is 46.3 Å². The smallest absolute Gasteiger partial charge is 0.328 e. The van der Waals surface area contributed by atoms with E-state index in [1.54, 1.807) is 31.0 Å². The summed E-state index contributed by atoms with van der Waals surface area (Å²) >= 11 is 0. The Kier molecular flexibility index (Phi) is 10.9. The van der Waals surface area contributed by atoms with E-state index < -0.39 is 12.1 Å². The maximum Gasteiger partial charge on any atom is 0.328 e. The van der Waals surface area contributed by atoms with Gasteiger partial charge in [-0.1, -0.05) is 12.1 Å². The van der Waals surface area contributed by atoms with E-state index in [4.69, 9.17) is 9.97 Å². The second kappa shape index (κ2) is 16.4.